The molecule has 1 nitrogen and oxygen atoms in total. The van der Waals surface area contributed by atoms with E-state index in [1.165, 1.54) is 11.1 Å². The summed E-state index contributed by atoms with van der Waals surface area (Å²) in [7, 11) is 2.02. The molecule has 0 spiro atoms. The Morgan fingerprint density at radius 3 is 2.87 bits per heavy atom. The Morgan fingerprint density at radius 2 is 2.20 bits per heavy atom. The van der Waals surface area contributed by atoms with Gasteiger partial charge in [-0.1, -0.05) is 17.7 Å². The lowest BCUT2D eigenvalue weighted by atomic mass is 9.91. The number of halogens is 1. The highest BCUT2D eigenvalue weighted by Gasteiger charge is 2.35. The maximum atomic E-state index is 6.06. The minimum Gasteiger partial charge on any atom is -0.312 e. The second kappa shape index (κ2) is 4.00. The molecule has 0 saturated carbocycles. The molecule has 1 unspecified atom stereocenters. The number of thioether (sulfide) groups is 1. The van der Waals surface area contributed by atoms with Crippen molar-refractivity contribution in [2.75, 3.05) is 7.05 Å². The van der Waals surface area contributed by atoms with Crippen molar-refractivity contribution in [3.63, 3.8) is 0 Å². The van der Waals surface area contributed by atoms with Gasteiger partial charge in [0.05, 0.1) is 0 Å². The minimum atomic E-state index is 0.229. The molecule has 1 aromatic rings. The van der Waals surface area contributed by atoms with Crippen LogP contribution in [0.1, 0.15) is 31.0 Å². The molecular formula is C12H16ClNS. The van der Waals surface area contributed by atoms with Crippen LogP contribution in [0, 0.1) is 0 Å². The average molecular weight is 242 g/mol. The molecule has 0 aliphatic carbocycles. The van der Waals surface area contributed by atoms with Gasteiger partial charge < -0.3 is 5.32 Å². The standard InChI is InChI=1S/C12H16ClNS/c1-12(2)11(14-3)10-6-9(13)5-4-8(10)7-15-12/h4-6,11,14H,7H2,1-3H3. The topological polar surface area (TPSA) is 12.0 Å². The molecule has 0 amide bonds. The predicted molar refractivity (Wildman–Crippen MR) is 68.6 cm³/mol. The largest absolute Gasteiger partial charge is 0.312 e. The lowest BCUT2D eigenvalue weighted by molar-refractivity contribution is 0.474. The van der Waals surface area contributed by atoms with E-state index in [-0.39, 0.29) is 4.75 Å². The molecule has 0 aromatic heterocycles. The van der Waals surface area contributed by atoms with E-state index in [2.05, 4.69) is 31.3 Å². The van der Waals surface area contributed by atoms with Crippen LogP contribution in [0.25, 0.3) is 0 Å². The third-order valence-electron chi connectivity index (χ3n) is 3.00. The molecule has 1 aliphatic heterocycles. The van der Waals surface area contributed by atoms with Gasteiger partial charge in [0.2, 0.25) is 0 Å². The minimum absolute atomic E-state index is 0.229. The number of hydrogen-bond donors (Lipinski definition) is 1. The molecule has 3 heteroatoms. The van der Waals surface area contributed by atoms with Crippen molar-refractivity contribution in [1.29, 1.82) is 0 Å². The van der Waals surface area contributed by atoms with Crippen LogP contribution in [0.15, 0.2) is 18.2 Å². The van der Waals surface area contributed by atoms with Gasteiger partial charge in [0.25, 0.3) is 0 Å². The zero-order valence-electron chi connectivity index (χ0n) is 9.30. The van der Waals surface area contributed by atoms with Crippen molar-refractivity contribution in [3.05, 3.63) is 34.3 Å². The zero-order chi connectivity index (χ0) is 11.1. The second-order valence-electron chi connectivity index (χ2n) is 4.46. The Labute approximate surface area is 101 Å². The smallest absolute Gasteiger partial charge is 0.0465 e. The van der Waals surface area contributed by atoms with E-state index in [1.54, 1.807) is 0 Å². The Kier molecular flexibility index (Phi) is 3.02. The first-order chi connectivity index (χ1) is 7.04. The van der Waals surface area contributed by atoms with Crippen LogP contribution in [0.4, 0.5) is 0 Å². The number of fused-ring (bicyclic) bond motifs is 1. The quantitative estimate of drug-likeness (QED) is 0.806. The van der Waals surface area contributed by atoms with Crippen molar-refractivity contribution in [1.82, 2.24) is 5.32 Å². The van der Waals surface area contributed by atoms with Crippen molar-refractivity contribution in [2.24, 2.45) is 0 Å². The monoisotopic (exact) mass is 241 g/mol. The van der Waals surface area contributed by atoms with E-state index in [4.69, 9.17) is 11.6 Å². The lowest BCUT2D eigenvalue weighted by Crippen LogP contribution is -2.38. The van der Waals surface area contributed by atoms with Crippen LogP contribution >= 0.6 is 23.4 Å². The summed E-state index contributed by atoms with van der Waals surface area (Å²) in [4.78, 5) is 0. The highest BCUT2D eigenvalue weighted by Crippen LogP contribution is 2.45. The van der Waals surface area contributed by atoms with E-state index in [0.29, 0.717) is 6.04 Å². The summed E-state index contributed by atoms with van der Waals surface area (Å²) in [5.41, 5.74) is 2.76. The molecule has 1 aromatic carbocycles. The third kappa shape index (κ3) is 2.03. The Morgan fingerprint density at radius 1 is 1.47 bits per heavy atom. The van der Waals surface area contributed by atoms with Crippen molar-refractivity contribution >= 4 is 23.4 Å². The maximum Gasteiger partial charge on any atom is 0.0465 e. The summed E-state index contributed by atoms with van der Waals surface area (Å²) in [5, 5.41) is 4.23. The van der Waals surface area contributed by atoms with E-state index < -0.39 is 0 Å². The second-order valence-corrected chi connectivity index (χ2v) is 6.52. The maximum absolute atomic E-state index is 6.06. The number of hydrogen-bond acceptors (Lipinski definition) is 2. The molecule has 1 heterocycles. The molecule has 2 rings (SSSR count). The van der Waals surface area contributed by atoms with Gasteiger partial charge in [0.1, 0.15) is 0 Å². The summed E-state index contributed by atoms with van der Waals surface area (Å²) in [6.45, 7) is 4.56. The Bertz CT molecular complexity index is 376. The van der Waals surface area contributed by atoms with Crippen LogP contribution < -0.4 is 5.32 Å². The van der Waals surface area contributed by atoms with Crippen molar-refractivity contribution in [3.8, 4) is 0 Å². The van der Waals surface area contributed by atoms with Crippen molar-refractivity contribution in [2.45, 2.75) is 30.4 Å². The highest BCUT2D eigenvalue weighted by molar-refractivity contribution is 8.00. The fourth-order valence-corrected chi connectivity index (χ4v) is 3.57. The van der Waals surface area contributed by atoms with Crippen LogP contribution in [0.5, 0.6) is 0 Å². The van der Waals surface area contributed by atoms with Crippen LogP contribution in [-0.4, -0.2) is 11.8 Å². The highest BCUT2D eigenvalue weighted by atomic mass is 35.5. The van der Waals surface area contributed by atoms with Gasteiger partial charge in [-0.15, -0.1) is 11.8 Å². The molecule has 0 radical (unpaired) electrons. The zero-order valence-corrected chi connectivity index (χ0v) is 10.9. The van der Waals surface area contributed by atoms with Gasteiger partial charge in [-0.25, -0.2) is 0 Å². The molecule has 0 saturated heterocycles. The van der Waals surface area contributed by atoms with Crippen LogP contribution in [-0.2, 0) is 5.75 Å². The normalized spacial score (nSPS) is 23.6. The number of benzene rings is 1. The fraction of sp³-hybridized carbons (Fsp3) is 0.500. The van der Waals surface area contributed by atoms with E-state index in [9.17, 15) is 0 Å². The SMILES string of the molecule is CNC1c2cc(Cl)ccc2CSC1(C)C. The van der Waals surface area contributed by atoms with Gasteiger partial charge in [-0.05, 0) is 44.2 Å². The summed E-state index contributed by atoms with van der Waals surface area (Å²) in [5.74, 6) is 1.08. The molecule has 0 bridgehead atoms. The third-order valence-corrected chi connectivity index (χ3v) is 4.67. The van der Waals surface area contributed by atoms with Gasteiger partial charge in [0.15, 0.2) is 0 Å². The van der Waals surface area contributed by atoms with E-state index in [1.807, 2.05) is 24.9 Å². The van der Waals surface area contributed by atoms with Gasteiger partial charge >= 0.3 is 0 Å². The number of rotatable bonds is 1. The number of nitrogens with one attached hydrogen (secondary N) is 1. The molecule has 15 heavy (non-hydrogen) atoms. The molecule has 1 N–H and O–H groups in total. The summed E-state index contributed by atoms with van der Waals surface area (Å²) >= 11 is 8.05. The summed E-state index contributed by atoms with van der Waals surface area (Å²) in [6, 6.07) is 6.60. The van der Waals surface area contributed by atoms with Crippen molar-refractivity contribution < 1.29 is 0 Å². The van der Waals surface area contributed by atoms with Crippen LogP contribution in [0.3, 0.4) is 0 Å². The molecule has 1 aliphatic rings. The Hall–Kier alpha value is -0.180. The molecule has 0 fully saturated rings. The van der Waals surface area contributed by atoms with Gasteiger partial charge in [-0.3, -0.25) is 0 Å². The molecule has 82 valence electrons. The molecular weight excluding hydrogens is 226 g/mol. The predicted octanol–water partition coefficient (Wildman–Crippen LogP) is 3.63. The summed E-state index contributed by atoms with van der Waals surface area (Å²) in [6.07, 6.45) is 0. The first-order valence-electron chi connectivity index (χ1n) is 5.14. The first-order valence-corrected chi connectivity index (χ1v) is 6.50. The lowest BCUT2D eigenvalue weighted by Gasteiger charge is -2.39. The molecule has 1 atom stereocenters. The van der Waals surface area contributed by atoms with E-state index in [0.717, 1.165) is 10.8 Å². The van der Waals surface area contributed by atoms with Crippen LogP contribution in [0.2, 0.25) is 5.02 Å². The van der Waals surface area contributed by atoms with E-state index >= 15 is 0 Å². The van der Waals surface area contributed by atoms with Gasteiger partial charge in [0, 0.05) is 21.6 Å². The Balaban J connectivity index is 2.49. The average Bonchev–Trinajstić information content (AvgIpc) is 2.16. The van der Waals surface area contributed by atoms with Gasteiger partial charge in [-0.2, -0.15) is 0 Å². The summed E-state index contributed by atoms with van der Waals surface area (Å²) < 4.78 is 0.229. The fourth-order valence-electron chi connectivity index (χ4n) is 2.19. The first kappa shape index (κ1) is 11.3.